The van der Waals surface area contributed by atoms with Crippen LogP contribution in [0.15, 0.2) is 75.3 Å². The molecule has 2 rings (SSSR count). The molecule has 1 fully saturated rings. The van der Waals surface area contributed by atoms with Crippen LogP contribution in [0.5, 0.6) is 0 Å². The molecule has 2 heterocycles. The number of ether oxygens (including phenoxy) is 1. The van der Waals surface area contributed by atoms with Gasteiger partial charge in [-0.25, -0.2) is 4.79 Å². The van der Waals surface area contributed by atoms with Crippen LogP contribution in [0.1, 0.15) is 112 Å². The third-order valence-electron chi connectivity index (χ3n) is 7.96. The lowest BCUT2D eigenvalue weighted by atomic mass is 10.0. The average Bonchev–Trinajstić information content (AvgIpc) is 3.21. The Morgan fingerprint density at radius 1 is 0.870 bits per heavy atom. The van der Waals surface area contributed by atoms with Gasteiger partial charge in [0.05, 0.1) is 6.61 Å². The third-order valence-corrected chi connectivity index (χ3v) is 7.96. The van der Waals surface area contributed by atoms with Crippen LogP contribution in [-0.2, 0) is 9.53 Å². The summed E-state index contributed by atoms with van der Waals surface area (Å²) in [6, 6.07) is 1.21. The van der Waals surface area contributed by atoms with Gasteiger partial charge in [-0.15, -0.1) is 0 Å². The second-order valence-corrected chi connectivity index (χ2v) is 12.6. The Bertz CT molecular complexity index is 1360. The zero-order valence-corrected chi connectivity index (χ0v) is 28.3. The Kier molecular flexibility index (Phi) is 16.5. The van der Waals surface area contributed by atoms with E-state index in [1.165, 1.54) is 28.4 Å². The minimum absolute atomic E-state index is 0.0723. The molecule has 0 saturated carbocycles. The summed E-state index contributed by atoms with van der Waals surface area (Å²) in [6.45, 7) is 12.0. The first-order valence-electron chi connectivity index (χ1n) is 16.2. The molecule has 0 radical (unpaired) electrons. The summed E-state index contributed by atoms with van der Waals surface area (Å²) in [6.07, 6.45) is 15.5. The van der Waals surface area contributed by atoms with Gasteiger partial charge in [-0.1, -0.05) is 58.2 Å². The number of alkyl halides is 2. The minimum atomic E-state index is -3.81. The number of aliphatic hydroxyl groups is 2. The van der Waals surface area contributed by atoms with Crippen LogP contribution in [0.2, 0.25) is 0 Å². The molecule has 256 valence electrons. The van der Waals surface area contributed by atoms with Crippen molar-refractivity contribution in [1.82, 2.24) is 9.55 Å². The van der Waals surface area contributed by atoms with Crippen molar-refractivity contribution in [3.8, 4) is 0 Å². The fourth-order valence-electron chi connectivity index (χ4n) is 5.04. The molecule has 0 aromatic carbocycles. The highest BCUT2D eigenvalue weighted by atomic mass is 19.3. The molecule has 0 spiro atoms. The van der Waals surface area contributed by atoms with Crippen LogP contribution in [-0.4, -0.2) is 50.4 Å². The van der Waals surface area contributed by atoms with Crippen molar-refractivity contribution in [3.05, 3.63) is 81.0 Å². The van der Waals surface area contributed by atoms with E-state index in [-0.39, 0.29) is 18.1 Å². The maximum Gasteiger partial charge on any atom is 0.351 e. The average molecular weight is 646 g/mol. The van der Waals surface area contributed by atoms with Crippen LogP contribution in [0.4, 0.5) is 14.6 Å². The Morgan fingerprint density at radius 3 is 1.85 bits per heavy atom. The fraction of sp³-hybridized carbons (Fsp3) is 0.583. The molecule has 1 aromatic heterocycles. The van der Waals surface area contributed by atoms with Gasteiger partial charge in [-0.2, -0.15) is 13.8 Å². The predicted molar refractivity (Wildman–Crippen MR) is 180 cm³/mol. The van der Waals surface area contributed by atoms with E-state index in [2.05, 4.69) is 75.3 Å². The van der Waals surface area contributed by atoms with E-state index in [4.69, 9.17) is 9.84 Å². The molecule has 3 atom stereocenters. The first-order chi connectivity index (χ1) is 21.7. The van der Waals surface area contributed by atoms with Gasteiger partial charge in [-0.3, -0.25) is 9.36 Å². The van der Waals surface area contributed by atoms with Crippen molar-refractivity contribution in [1.29, 1.82) is 0 Å². The molecule has 1 aliphatic rings. The molecule has 0 aliphatic carbocycles. The van der Waals surface area contributed by atoms with Crippen molar-refractivity contribution in [2.24, 2.45) is 0 Å². The lowest BCUT2D eigenvalue weighted by molar-refractivity contribution is -0.141. The zero-order chi connectivity index (χ0) is 34.3. The van der Waals surface area contributed by atoms with Crippen molar-refractivity contribution in [2.45, 2.75) is 130 Å². The number of aliphatic hydroxyl groups excluding tert-OH is 2. The molecule has 1 aromatic rings. The van der Waals surface area contributed by atoms with E-state index in [9.17, 15) is 23.5 Å². The molecule has 1 amide bonds. The highest BCUT2D eigenvalue weighted by Gasteiger charge is 2.59. The van der Waals surface area contributed by atoms with Gasteiger partial charge in [0, 0.05) is 12.6 Å². The summed E-state index contributed by atoms with van der Waals surface area (Å²) in [4.78, 5) is 28.4. The number of nitrogens with one attached hydrogen (secondary N) is 1. The van der Waals surface area contributed by atoms with Crippen LogP contribution >= 0.6 is 0 Å². The summed E-state index contributed by atoms with van der Waals surface area (Å²) in [5, 5.41) is 21.3. The van der Waals surface area contributed by atoms with Crippen LogP contribution < -0.4 is 11.0 Å². The predicted octanol–water partition coefficient (Wildman–Crippen LogP) is 7.72. The molecular weight excluding hydrogens is 592 g/mol. The van der Waals surface area contributed by atoms with Gasteiger partial charge in [0.25, 0.3) is 0 Å². The SMILES string of the molecule is CC(C)=CCC/C(C)=C/CC/C(C)=C/CC/C=C(\C)CC/C=C(\C)CCC(=O)Nc1ccn([C@@H]2O[C@H](CO)[C@@H](O)C2(F)F)c(=O)n1. The maximum absolute atomic E-state index is 14.4. The standard InChI is InChI=1S/C36H53F2N3O5/c1-25(2)12-9-15-28(5)18-10-16-26(3)13-7-8-14-27(4)17-11-19-29(6)20-21-32(43)39-31-22-23-41(35(45)40-31)34-36(37,38)33(44)30(24-42)46-34/h12-14,18-19,22-23,30,33-34,42,44H,7-11,15-17,20-21,24H2,1-6H3,(H,39,40,43,45)/b26-13+,27-14+,28-18+,29-19+/t30-,33-,34-/m1/s1. The molecule has 0 unspecified atom stereocenters. The number of aromatic nitrogens is 2. The van der Waals surface area contributed by atoms with E-state index in [0.29, 0.717) is 11.0 Å². The number of carbonyl (C=O) groups excluding carboxylic acids is 1. The first-order valence-corrected chi connectivity index (χ1v) is 16.2. The second-order valence-electron chi connectivity index (χ2n) is 12.6. The Balaban J connectivity index is 1.70. The van der Waals surface area contributed by atoms with E-state index < -0.39 is 36.7 Å². The Hall–Kier alpha value is -3.21. The lowest BCUT2D eigenvalue weighted by Crippen LogP contribution is -2.41. The molecule has 8 nitrogen and oxygen atoms in total. The second kappa shape index (κ2) is 19.5. The highest BCUT2D eigenvalue weighted by Crippen LogP contribution is 2.42. The minimum Gasteiger partial charge on any atom is -0.394 e. The summed E-state index contributed by atoms with van der Waals surface area (Å²) < 4.78 is 34.2. The van der Waals surface area contributed by atoms with Crippen LogP contribution in [0.3, 0.4) is 0 Å². The van der Waals surface area contributed by atoms with Crippen molar-refractivity contribution >= 4 is 11.7 Å². The molecule has 3 N–H and O–H groups in total. The molecule has 46 heavy (non-hydrogen) atoms. The highest BCUT2D eigenvalue weighted by molar-refractivity contribution is 5.89. The topological polar surface area (TPSA) is 114 Å². The largest absolute Gasteiger partial charge is 0.394 e. The Morgan fingerprint density at radius 2 is 1.37 bits per heavy atom. The molecule has 1 saturated heterocycles. The number of unbranched alkanes of at least 4 members (excludes halogenated alkanes) is 1. The number of halogens is 2. The van der Waals surface area contributed by atoms with Gasteiger partial charge in [0.2, 0.25) is 12.1 Å². The monoisotopic (exact) mass is 645 g/mol. The number of allylic oxidation sites excluding steroid dienone is 10. The number of hydrogen-bond acceptors (Lipinski definition) is 6. The summed E-state index contributed by atoms with van der Waals surface area (Å²) in [5.74, 6) is -4.24. The maximum atomic E-state index is 14.4. The molecular formula is C36H53F2N3O5. The van der Waals surface area contributed by atoms with Crippen molar-refractivity contribution < 1.29 is 28.5 Å². The summed E-state index contributed by atoms with van der Waals surface area (Å²) in [7, 11) is 0. The van der Waals surface area contributed by atoms with Crippen LogP contribution in [0, 0.1) is 0 Å². The number of amides is 1. The quantitative estimate of drug-likeness (QED) is 0.111. The smallest absolute Gasteiger partial charge is 0.351 e. The fourth-order valence-corrected chi connectivity index (χ4v) is 5.04. The van der Waals surface area contributed by atoms with Crippen molar-refractivity contribution in [2.75, 3.05) is 11.9 Å². The summed E-state index contributed by atoms with van der Waals surface area (Å²) >= 11 is 0. The lowest BCUT2D eigenvalue weighted by Gasteiger charge is -2.21. The third kappa shape index (κ3) is 13.3. The number of anilines is 1. The number of hydrogen-bond donors (Lipinski definition) is 3. The Labute approximate surface area is 272 Å². The molecule has 1 aliphatic heterocycles. The van der Waals surface area contributed by atoms with Gasteiger partial charge < -0.3 is 20.3 Å². The van der Waals surface area contributed by atoms with E-state index >= 15 is 0 Å². The van der Waals surface area contributed by atoms with E-state index in [0.717, 1.165) is 63.1 Å². The number of carbonyl (C=O) groups is 1. The van der Waals surface area contributed by atoms with Gasteiger partial charge in [-0.05, 0) is 105 Å². The number of rotatable bonds is 18. The zero-order valence-electron chi connectivity index (χ0n) is 28.3. The molecule has 0 bridgehead atoms. The van der Waals surface area contributed by atoms with E-state index in [1.54, 1.807) is 0 Å². The number of nitrogens with zero attached hydrogens (tertiary/aromatic N) is 2. The van der Waals surface area contributed by atoms with Gasteiger partial charge in [0.15, 0.2) is 6.10 Å². The van der Waals surface area contributed by atoms with E-state index in [1.807, 2.05) is 6.92 Å². The van der Waals surface area contributed by atoms with Crippen LogP contribution in [0.25, 0.3) is 0 Å². The molecule has 10 heteroatoms. The summed E-state index contributed by atoms with van der Waals surface area (Å²) in [5.41, 5.74) is 5.60. The van der Waals surface area contributed by atoms with Gasteiger partial charge in [0.1, 0.15) is 11.9 Å². The van der Waals surface area contributed by atoms with Crippen molar-refractivity contribution in [3.63, 3.8) is 0 Å². The normalized spacial score (nSPS) is 20.6. The first kappa shape index (κ1) is 39.0. The van der Waals surface area contributed by atoms with Gasteiger partial charge >= 0.3 is 11.6 Å².